The molecule has 2 rings (SSSR count). The van der Waals surface area contributed by atoms with Gasteiger partial charge in [0.25, 0.3) is 10.0 Å². The first kappa shape index (κ1) is 20.4. The van der Waals surface area contributed by atoms with Gasteiger partial charge in [0, 0.05) is 18.1 Å². The minimum atomic E-state index is -3.89. The van der Waals surface area contributed by atoms with Gasteiger partial charge in [0.05, 0.1) is 17.2 Å². The fourth-order valence-corrected chi connectivity index (χ4v) is 4.06. The van der Waals surface area contributed by atoms with Gasteiger partial charge in [0.1, 0.15) is 6.54 Å². The average molecular weight is 441 g/mol. The molecule has 8 heteroatoms. The summed E-state index contributed by atoms with van der Waals surface area (Å²) in [6, 6.07) is 13.4. The first-order chi connectivity index (χ1) is 12.3. The molecule has 0 fully saturated rings. The maximum atomic E-state index is 13.1. The van der Waals surface area contributed by atoms with Crippen LogP contribution in [0.15, 0.2) is 57.9 Å². The van der Waals surface area contributed by atoms with Crippen molar-refractivity contribution >= 4 is 37.5 Å². The minimum absolute atomic E-state index is 0.132. The van der Waals surface area contributed by atoms with Gasteiger partial charge >= 0.3 is 0 Å². The van der Waals surface area contributed by atoms with Crippen molar-refractivity contribution in [1.82, 2.24) is 5.32 Å². The van der Waals surface area contributed by atoms with Crippen molar-refractivity contribution in [3.63, 3.8) is 0 Å². The van der Waals surface area contributed by atoms with Crippen LogP contribution < -0.4 is 9.62 Å². The highest BCUT2D eigenvalue weighted by Gasteiger charge is 2.27. The maximum absolute atomic E-state index is 13.1. The number of carbonyl (C=O) groups excluding carboxylic acids is 1. The Morgan fingerprint density at radius 2 is 1.88 bits per heavy atom. The molecular weight excluding hydrogens is 420 g/mol. The van der Waals surface area contributed by atoms with Crippen LogP contribution in [0.5, 0.6) is 0 Å². The summed E-state index contributed by atoms with van der Waals surface area (Å²) < 4.78 is 33.0. The molecule has 0 bridgehead atoms. The largest absolute Gasteiger partial charge is 0.383 e. The zero-order chi connectivity index (χ0) is 19.2. The summed E-state index contributed by atoms with van der Waals surface area (Å²) in [5.74, 6) is -0.405. The van der Waals surface area contributed by atoms with Crippen LogP contribution in [0.2, 0.25) is 0 Å². The second-order valence-corrected chi connectivity index (χ2v) is 8.43. The van der Waals surface area contributed by atoms with Crippen molar-refractivity contribution in [2.24, 2.45) is 0 Å². The van der Waals surface area contributed by atoms with Gasteiger partial charge in [-0.25, -0.2) is 8.42 Å². The first-order valence-electron chi connectivity index (χ1n) is 7.95. The number of halogens is 1. The molecule has 0 aliphatic rings. The Hall–Kier alpha value is -1.90. The molecule has 2 aromatic carbocycles. The summed E-state index contributed by atoms with van der Waals surface area (Å²) in [6.07, 6.45) is 0. The molecule has 6 nitrogen and oxygen atoms in total. The maximum Gasteiger partial charge on any atom is 0.264 e. The lowest BCUT2D eigenvalue weighted by molar-refractivity contribution is -0.119. The number of nitrogens with zero attached hydrogens (tertiary/aromatic N) is 1. The molecule has 140 valence electrons. The second kappa shape index (κ2) is 9.16. The number of anilines is 1. The first-order valence-corrected chi connectivity index (χ1v) is 10.2. The zero-order valence-corrected chi connectivity index (χ0v) is 17.0. The van der Waals surface area contributed by atoms with E-state index >= 15 is 0 Å². The van der Waals surface area contributed by atoms with Crippen LogP contribution in [0.3, 0.4) is 0 Å². The quantitative estimate of drug-likeness (QED) is 0.640. The molecule has 0 saturated heterocycles. The third kappa shape index (κ3) is 5.30. The normalized spacial score (nSPS) is 11.2. The lowest BCUT2D eigenvalue weighted by Crippen LogP contribution is -2.41. The van der Waals surface area contributed by atoms with Gasteiger partial charge in [-0.1, -0.05) is 39.7 Å². The number of benzene rings is 2. The highest BCUT2D eigenvalue weighted by atomic mass is 79.9. The topological polar surface area (TPSA) is 75.7 Å². The summed E-state index contributed by atoms with van der Waals surface area (Å²) in [4.78, 5) is 12.4. The number of carbonyl (C=O) groups is 1. The number of rotatable bonds is 8. The third-order valence-electron chi connectivity index (χ3n) is 3.62. The molecule has 1 N–H and O–H groups in total. The Bertz CT molecular complexity index is 854. The van der Waals surface area contributed by atoms with Crippen LogP contribution in [-0.4, -0.2) is 41.1 Å². The number of ether oxygens (including phenoxy) is 1. The zero-order valence-electron chi connectivity index (χ0n) is 14.6. The van der Waals surface area contributed by atoms with Crippen LogP contribution in [-0.2, 0) is 19.6 Å². The Morgan fingerprint density at radius 1 is 1.19 bits per heavy atom. The van der Waals surface area contributed by atoms with Gasteiger partial charge in [-0.2, -0.15) is 0 Å². The van der Waals surface area contributed by atoms with E-state index in [1.807, 2.05) is 6.92 Å². The van der Waals surface area contributed by atoms with Crippen molar-refractivity contribution < 1.29 is 17.9 Å². The standard InChI is InChI=1S/C18H21BrN2O4S/c1-14-6-8-17(9-7-14)26(23,24)21(13-18(22)20-10-11-25-2)16-5-3-4-15(19)12-16/h3-9,12H,10-11,13H2,1-2H3,(H,20,22). The van der Waals surface area contributed by atoms with Crippen LogP contribution in [0.1, 0.15) is 5.56 Å². The summed E-state index contributed by atoms with van der Waals surface area (Å²) in [5, 5.41) is 2.65. The van der Waals surface area contributed by atoms with E-state index in [4.69, 9.17) is 4.74 Å². The number of hydrogen-bond acceptors (Lipinski definition) is 4. The molecule has 1 amide bonds. The molecule has 26 heavy (non-hydrogen) atoms. The molecule has 0 aromatic heterocycles. The van der Waals surface area contributed by atoms with E-state index in [2.05, 4.69) is 21.2 Å². The van der Waals surface area contributed by atoms with Crippen LogP contribution in [0.25, 0.3) is 0 Å². The fourth-order valence-electron chi connectivity index (χ4n) is 2.26. The van der Waals surface area contributed by atoms with Crippen molar-refractivity contribution in [3.8, 4) is 0 Å². The molecule has 0 spiro atoms. The van der Waals surface area contributed by atoms with Gasteiger partial charge in [0.2, 0.25) is 5.91 Å². The van der Waals surface area contributed by atoms with Gasteiger partial charge in [-0.3, -0.25) is 9.10 Å². The number of amides is 1. The Labute approximate surface area is 162 Å². The second-order valence-electron chi connectivity index (χ2n) is 5.65. The molecule has 0 heterocycles. The van der Waals surface area contributed by atoms with E-state index in [9.17, 15) is 13.2 Å². The van der Waals surface area contributed by atoms with Crippen molar-refractivity contribution in [3.05, 3.63) is 58.6 Å². The molecule has 0 unspecified atom stereocenters. The van der Waals surface area contributed by atoms with Crippen LogP contribution >= 0.6 is 15.9 Å². The molecule has 0 aliphatic heterocycles. The highest BCUT2D eigenvalue weighted by Crippen LogP contribution is 2.26. The predicted octanol–water partition coefficient (Wildman–Crippen LogP) is 2.72. The SMILES string of the molecule is COCCNC(=O)CN(c1cccc(Br)c1)S(=O)(=O)c1ccc(C)cc1. The van der Waals surface area contributed by atoms with E-state index in [-0.39, 0.29) is 11.4 Å². The van der Waals surface area contributed by atoms with E-state index in [1.54, 1.807) is 48.5 Å². The Kier molecular flexibility index (Phi) is 7.19. The number of hydrogen-bond donors (Lipinski definition) is 1. The summed E-state index contributed by atoms with van der Waals surface area (Å²) in [6.45, 7) is 2.22. The number of nitrogens with one attached hydrogen (secondary N) is 1. The van der Waals surface area contributed by atoms with E-state index < -0.39 is 15.9 Å². The predicted molar refractivity (Wildman–Crippen MR) is 105 cm³/mol. The number of methoxy groups -OCH3 is 1. The molecule has 0 saturated carbocycles. The average Bonchev–Trinajstić information content (AvgIpc) is 2.60. The highest BCUT2D eigenvalue weighted by molar-refractivity contribution is 9.10. The Balaban J connectivity index is 2.36. The van der Waals surface area contributed by atoms with Crippen LogP contribution in [0.4, 0.5) is 5.69 Å². The van der Waals surface area contributed by atoms with Crippen molar-refractivity contribution in [1.29, 1.82) is 0 Å². The summed E-state index contributed by atoms with van der Waals surface area (Å²) in [5.41, 5.74) is 1.36. The van der Waals surface area contributed by atoms with Gasteiger partial charge in [0.15, 0.2) is 0 Å². The lowest BCUT2D eigenvalue weighted by Gasteiger charge is -2.24. The minimum Gasteiger partial charge on any atom is -0.383 e. The van der Waals surface area contributed by atoms with Crippen LogP contribution in [0, 0.1) is 6.92 Å². The molecule has 2 aromatic rings. The number of sulfonamides is 1. The molecule has 0 radical (unpaired) electrons. The third-order valence-corrected chi connectivity index (χ3v) is 5.90. The van der Waals surface area contributed by atoms with E-state index in [1.165, 1.54) is 7.11 Å². The summed E-state index contributed by atoms with van der Waals surface area (Å²) >= 11 is 3.34. The van der Waals surface area contributed by atoms with Gasteiger partial charge in [-0.05, 0) is 37.3 Å². The van der Waals surface area contributed by atoms with Gasteiger partial charge in [-0.15, -0.1) is 0 Å². The fraction of sp³-hybridized carbons (Fsp3) is 0.278. The molecular formula is C18H21BrN2O4S. The Morgan fingerprint density at radius 3 is 2.50 bits per heavy atom. The lowest BCUT2D eigenvalue weighted by atomic mass is 10.2. The molecule has 0 aliphatic carbocycles. The number of aryl methyl sites for hydroxylation is 1. The van der Waals surface area contributed by atoms with E-state index in [0.717, 1.165) is 14.3 Å². The smallest absolute Gasteiger partial charge is 0.264 e. The van der Waals surface area contributed by atoms with E-state index in [0.29, 0.717) is 18.8 Å². The monoisotopic (exact) mass is 440 g/mol. The van der Waals surface area contributed by atoms with Gasteiger partial charge < -0.3 is 10.1 Å². The summed E-state index contributed by atoms with van der Waals surface area (Å²) in [7, 11) is -2.36. The van der Waals surface area contributed by atoms with Crippen molar-refractivity contribution in [2.45, 2.75) is 11.8 Å². The van der Waals surface area contributed by atoms with Crippen molar-refractivity contribution in [2.75, 3.05) is 31.1 Å². The molecule has 0 atom stereocenters.